The van der Waals surface area contributed by atoms with Crippen molar-refractivity contribution in [1.82, 2.24) is 9.97 Å². The maximum Gasteiger partial charge on any atom is 0.231 e. The molecule has 2 aromatic heterocycles. The van der Waals surface area contributed by atoms with Crippen molar-refractivity contribution < 1.29 is 13.9 Å². The lowest BCUT2D eigenvalue weighted by Gasteiger charge is -2.07. The van der Waals surface area contributed by atoms with Gasteiger partial charge in [-0.15, -0.1) is 0 Å². The Kier molecular flexibility index (Phi) is 3.67. The number of anilines is 1. The molecule has 0 spiro atoms. The Morgan fingerprint density at radius 2 is 2.16 bits per heavy atom. The number of methoxy groups -OCH3 is 1. The largest absolute Gasteiger partial charge is 0.496 e. The first kappa shape index (κ1) is 15.6. The zero-order valence-corrected chi connectivity index (χ0v) is 14.0. The van der Waals surface area contributed by atoms with E-state index in [1.807, 2.05) is 31.2 Å². The number of alkyl halides is 1. The number of carbonyl (C=O) groups excluding carboxylic acids is 1. The van der Waals surface area contributed by atoms with Crippen molar-refractivity contribution in [3.63, 3.8) is 0 Å². The molecule has 1 amide bonds. The number of rotatable bonds is 4. The number of pyridine rings is 1. The van der Waals surface area contributed by atoms with Gasteiger partial charge in [0.2, 0.25) is 5.91 Å². The number of amides is 1. The summed E-state index contributed by atoms with van der Waals surface area (Å²) in [5, 5.41) is 3.65. The maximum atomic E-state index is 13.0. The topological polar surface area (TPSA) is 67.0 Å². The molecule has 0 aliphatic heterocycles. The number of nitrogens with one attached hydrogen (secondary N) is 2. The molecule has 5 nitrogen and oxygen atoms in total. The lowest BCUT2D eigenvalue weighted by atomic mass is 10.1. The van der Waals surface area contributed by atoms with E-state index in [0.717, 1.165) is 33.5 Å². The third-order valence-corrected chi connectivity index (χ3v) is 4.62. The minimum absolute atomic E-state index is 0.299. The Morgan fingerprint density at radius 1 is 1.40 bits per heavy atom. The van der Waals surface area contributed by atoms with Crippen molar-refractivity contribution in [2.24, 2.45) is 5.92 Å². The van der Waals surface area contributed by atoms with Gasteiger partial charge >= 0.3 is 0 Å². The number of nitrogens with zero attached hydrogens (tertiary/aromatic N) is 1. The second-order valence-corrected chi connectivity index (χ2v) is 6.29. The summed E-state index contributed by atoms with van der Waals surface area (Å²) >= 11 is 0. The number of aryl methyl sites for hydroxylation is 1. The number of hydrogen-bond donors (Lipinski definition) is 2. The van der Waals surface area contributed by atoms with E-state index in [-0.39, 0.29) is 5.91 Å². The van der Waals surface area contributed by atoms with Gasteiger partial charge in [-0.2, -0.15) is 0 Å². The summed E-state index contributed by atoms with van der Waals surface area (Å²) in [6.07, 6.45) is 0.997. The lowest BCUT2D eigenvalue weighted by molar-refractivity contribution is -0.117. The van der Waals surface area contributed by atoms with Crippen molar-refractivity contribution in [3.05, 3.63) is 42.1 Å². The van der Waals surface area contributed by atoms with E-state index >= 15 is 0 Å². The molecule has 6 heteroatoms. The number of ether oxygens (including phenoxy) is 1. The van der Waals surface area contributed by atoms with Crippen LogP contribution in [0, 0.1) is 12.8 Å². The van der Waals surface area contributed by atoms with Crippen LogP contribution in [0.2, 0.25) is 0 Å². The standard InChI is InChI=1S/C19H18FN3O2/c1-10-13-9-21-17(23-19(24)12-7-14(12)20)8-15(13)22-18(10)11-5-3-4-6-16(11)25-2/h3-6,8-9,12,14,22H,7H2,1-2H3,(H,21,23,24). The highest BCUT2D eigenvalue weighted by Crippen LogP contribution is 2.36. The molecule has 0 radical (unpaired) electrons. The molecule has 0 saturated heterocycles. The molecular formula is C19H18FN3O2. The summed E-state index contributed by atoms with van der Waals surface area (Å²) in [4.78, 5) is 19.5. The van der Waals surface area contributed by atoms with Gasteiger partial charge < -0.3 is 15.0 Å². The summed E-state index contributed by atoms with van der Waals surface area (Å²) in [6, 6.07) is 9.55. The van der Waals surface area contributed by atoms with Gasteiger partial charge in [0.25, 0.3) is 0 Å². The van der Waals surface area contributed by atoms with E-state index in [0.29, 0.717) is 12.2 Å². The molecule has 25 heavy (non-hydrogen) atoms. The molecule has 1 fully saturated rings. The second kappa shape index (κ2) is 5.88. The minimum atomic E-state index is -1.02. The molecule has 0 bridgehead atoms. The summed E-state index contributed by atoms with van der Waals surface area (Å²) in [6.45, 7) is 2.01. The summed E-state index contributed by atoms with van der Waals surface area (Å²) in [7, 11) is 1.64. The van der Waals surface area contributed by atoms with Crippen LogP contribution < -0.4 is 10.1 Å². The number of carbonyl (C=O) groups is 1. The highest BCUT2D eigenvalue weighted by molar-refractivity contribution is 5.97. The fourth-order valence-electron chi connectivity index (χ4n) is 3.06. The van der Waals surface area contributed by atoms with Gasteiger partial charge in [-0.3, -0.25) is 4.79 Å². The van der Waals surface area contributed by atoms with Crippen molar-refractivity contribution in [2.45, 2.75) is 19.5 Å². The molecule has 2 atom stereocenters. The van der Waals surface area contributed by atoms with E-state index in [2.05, 4.69) is 15.3 Å². The number of halogens is 1. The Bertz CT molecular complexity index is 966. The van der Waals surface area contributed by atoms with Crippen LogP contribution in [0.15, 0.2) is 36.5 Å². The number of hydrogen-bond acceptors (Lipinski definition) is 3. The van der Waals surface area contributed by atoms with E-state index in [9.17, 15) is 9.18 Å². The third kappa shape index (κ3) is 2.73. The number of H-pyrrole nitrogens is 1. The van der Waals surface area contributed by atoms with Gasteiger partial charge in [0, 0.05) is 23.2 Å². The van der Waals surface area contributed by atoms with E-state index < -0.39 is 12.1 Å². The molecule has 1 saturated carbocycles. The zero-order chi connectivity index (χ0) is 17.6. The Balaban J connectivity index is 1.71. The van der Waals surface area contributed by atoms with Crippen molar-refractivity contribution in [3.8, 4) is 17.0 Å². The van der Waals surface area contributed by atoms with Gasteiger partial charge in [-0.25, -0.2) is 9.37 Å². The minimum Gasteiger partial charge on any atom is -0.496 e. The van der Waals surface area contributed by atoms with Gasteiger partial charge in [0.1, 0.15) is 17.7 Å². The molecule has 4 rings (SSSR count). The molecule has 1 aliphatic carbocycles. The lowest BCUT2D eigenvalue weighted by Crippen LogP contribution is -2.15. The first-order valence-electron chi connectivity index (χ1n) is 8.15. The Morgan fingerprint density at radius 3 is 2.88 bits per heavy atom. The van der Waals surface area contributed by atoms with Crippen LogP contribution >= 0.6 is 0 Å². The Labute approximate surface area is 144 Å². The SMILES string of the molecule is COc1ccccc1-c1[nH]c2cc(NC(=O)C3CC3F)ncc2c1C. The second-order valence-electron chi connectivity index (χ2n) is 6.29. The number of fused-ring (bicyclic) bond motifs is 1. The maximum absolute atomic E-state index is 13.0. The van der Waals surface area contributed by atoms with Gasteiger partial charge in [0.05, 0.1) is 24.2 Å². The number of aromatic nitrogens is 2. The van der Waals surface area contributed by atoms with Crippen LogP contribution in [0.25, 0.3) is 22.2 Å². The molecule has 128 valence electrons. The average molecular weight is 339 g/mol. The third-order valence-electron chi connectivity index (χ3n) is 4.62. The summed E-state index contributed by atoms with van der Waals surface area (Å²) in [5.74, 6) is 0.352. The molecule has 1 aliphatic rings. The Hall–Kier alpha value is -2.89. The smallest absolute Gasteiger partial charge is 0.231 e. The van der Waals surface area contributed by atoms with Crippen LogP contribution in [0.5, 0.6) is 5.75 Å². The monoisotopic (exact) mass is 339 g/mol. The van der Waals surface area contributed by atoms with Crippen LogP contribution in [0.1, 0.15) is 12.0 Å². The van der Waals surface area contributed by atoms with Gasteiger partial charge in [0.15, 0.2) is 0 Å². The van der Waals surface area contributed by atoms with Crippen LogP contribution in [-0.2, 0) is 4.79 Å². The van der Waals surface area contributed by atoms with Crippen LogP contribution in [0.4, 0.5) is 10.2 Å². The number of aromatic amines is 1. The molecule has 1 aromatic carbocycles. The van der Waals surface area contributed by atoms with Crippen molar-refractivity contribution in [2.75, 3.05) is 12.4 Å². The number of benzene rings is 1. The molecular weight excluding hydrogens is 321 g/mol. The first-order valence-corrected chi connectivity index (χ1v) is 8.15. The average Bonchev–Trinajstić information content (AvgIpc) is 3.27. The predicted molar refractivity (Wildman–Crippen MR) is 94.5 cm³/mol. The molecule has 2 unspecified atom stereocenters. The highest BCUT2D eigenvalue weighted by Gasteiger charge is 2.43. The summed E-state index contributed by atoms with van der Waals surface area (Å²) in [5.41, 5.74) is 3.82. The predicted octanol–water partition coefficient (Wildman–Crippen LogP) is 3.84. The van der Waals surface area contributed by atoms with E-state index in [4.69, 9.17) is 4.74 Å². The first-order chi connectivity index (χ1) is 12.1. The van der Waals surface area contributed by atoms with Gasteiger partial charge in [-0.05, 0) is 31.0 Å². The number of para-hydroxylation sites is 1. The van der Waals surface area contributed by atoms with E-state index in [1.165, 1.54) is 0 Å². The van der Waals surface area contributed by atoms with Crippen LogP contribution in [0.3, 0.4) is 0 Å². The molecule has 2 N–H and O–H groups in total. The molecule has 3 aromatic rings. The van der Waals surface area contributed by atoms with E-state index in [1.54, 1.807) is 19.4 Å². The van der Waals surface area contributed by atoms with Crippen molar-refractivity contribution >= 4 is 22.6 Å². The fourth-order valence-corrected chi connectivity index (χ4v) is 3.06. The van der Waals surface area contributed by atoms with Crippen molar-refractivity contribution in [1.29, 1.82) is 0 Å². The highest BCUT2D eigenvalue weighted by atomic mass is 19.1. The zero-order valence-electron chi connectivity index (χ0n) is 14.0. The summed E-state index contributed by atoms with van der Waals surface area (Å²) < 4.78 is 18.4. The van der Waals surface area contributed by atoms with Crippen LogP contribution in [-0.4, -0.2) is 29.2 Å². The molecule has 2 heterocycles. The normalized spacial score (nSPS) is 19.0. The fraction of sp³-hybridized carbons (Fsp3) is 0.263. The quantitative estimate of drug-likeness (QED) is 0.759. The van der Waals surface area contributed by atoms with Gasteiger partial charge in [-0.1, -0.05) is 12.1 Å².